The predicted molar refractivity (Wildman–Crippen MR) is 77.0 cm³/mol. The summed E-state index contributed by atoms with van der Waals surface area (Å²) in [4.78, 5) is 0. The maximum Gasteiger partial charge on any atom is 4.00 e. The van der Waals surface area contributed by atoms with Gasteiger partial charge in [0.1, 0.15) is 0 Å². The number of rotatable bonds is 2. The van der Waals surface area contributed by atoms with E-state index in [0.717, 1.165) is 0 Å². The van der Waals surface area contributed by atoms with Crippen molar-refractivity contribution in [2.45, 2.75) is 47.5 Å². The van der Waals surface area contributed by atoms with Gasteiger partial charge in [-0.3, -0.25) is 0 Å². The summed E-state index contributed by atoms with van der Waals surface area (Å²) in [6, 6.07) is 10.8. The second-order valence-electron chi connectivity index (χ2n) is 4.80. The third-order valence-corrected chi connectivity index (χ3v) is 3.45. The van der Waals surface area contributed by atoms with E-state index in [0.29, 0.717) is 0 Å². The predicted octanol–water partition coefficient (Wildman–Crippen LogP) is -6.99. The standard InChI is InChI=1S/C9H13.C8H11.4ClH.Zr/c1-6-5-7(2)9(4)8(6)3;1-2-5-8-6-3-4-7-8;;;;;/h5H,1-4H3;3-4,6-7H,2,5H2,1H3;4*1H;/q2*-1;;;;;+4/p-4. The van der Waals surface area contributed by atoms with Crippen LogP contribution in [0.25, 0.3) is 0 Å². The van der Waals surface area contributed by atoms with Crippen LogP contribution in [0, 0.1) is 27.7 Å². The molecule has 0 bridgehead atoms. The Labute approximate surface area is 180 Å². The van der Waals surface area contributed by atoms with Crippen LogP contribution in [0.3, 0.4) is 0 Å². The molecule has 0 nitrogen and oxygen atoms in total. The second-order valence-corrected chi connectivity index (χ2v) is 4.80. The van der Waals surface area contributed by atoms with Gasteiger partial charge >= 0.3 is 26.2 Å². The monoisotopic (exact) mass is 458 g/mol. The minimum Gasteiger partial charge on any atom is -1.00 e. The van der Waals surface area contributed by atoms with Crippen molar-refractivity contribution in [2.75, 3.05) is 0 Å². The first-order valence-electron chi connectivity index (χ1n) is 6.47. The third-order valence-electron chi connectivity index (χ3n) is 3.45. The zero-order chi connectivity index (χ0) is 12.8. The van der Waals surface area contributed by atoms with Gasteiger partial charge in [0.05, 0.1) is 0 Å². The fourth-order valence-corrected chi connectivity index (χ4v) is 2.00. The zero-order valence-corrected chi connectivity index (χ0v) is 19.3. The molecule has 0 spiro atoms. The van der Waals surface area contributed by atoms with Gasteiger partial charge in [-0.15, -0.1) is 0 Å². The molecule has 0 saturated carbocycles. The molecule has 0 amide bonds. The normalized spacial score (nSPS) is 7.68. The van der Waals surface area contributed by atoms with Crippen LogP contribution in [-0.2, 0) is 32.6 Å². The quantitative estimate of drug-likeness (QED) is 0.391. The Balaban J connectivity index is -0.0000000716. The van der Waals surface area contributed by atoms with Gasteiger partial charge in [0.15, 0.2) is 0 Å². The molecule has 0 radical (unpaired) electrons. The van der Waals surface area contributed by atoms with Crippen molar-refractivity contribution in [1.82, 2.24) is 0 Å². The SMILES string of the molecule is CCC[c-]1cccc1.Cc1c[c-](C)c(C)c1C.[Cl-].[Cl-].[Cl-].[Cl-].[Zr+4]. The van der Waals surface area contributed by atoms with E-state index >= 15 is 0 Å². The molecule has 22 heavy (non-hydrogen) atoms. The largest absolute Gasteiger partial charge is 4.00 e. The topological polar surface area (TPSA) is 0 Å². The van der Waals surface area contributed by atoms with E-state index < -0.39 is 0 Å². The molecule has 0 aliphatic carbocycles. The first kappa shape index (κ1) is 34.2. The van der Waals surface area contributed by atoms with E-state index in [4.69, 9.17) is 0 Å². The summed E-state index contributed by atoms with van der Waals surface area (Å²) in [6.07, 6.45) is 2.48. The van der Waals surface area contributed by atoms with E-state index in [2.05, 4.69) is 65.0 Å². The molecule has 0 atom stereocenters. The minimum atomic E-state index is 0. The average molecular weight is 461 g/mol. The van der Waals surface area contributed by atoms with Gasteiger partial charge in [0.2, 0.25) is 0 Å². The maximum atomic E-state index is 2.24. The molecule has 0 aliphatic heterocycles. The fraction of sp³-hybridized carbons (Fsp3) is 0.412. The fourth-order valence-electron chi connectivity index (χ4n) is 2.00. The first-order valence-corrected chi connectivity index (χ1v) is 6.47. The number of halogens is 4. The number of hydrogen-bond acceptors (Lipinski definition) is 0. The van der Waals surface area contributed by atoms with Crippen LogP contribution in [-0.4, -0.2) is 0 Å². The summed E-state index contributed by atoms with van der Waals surface area (Å²) in [5.41, 5.74) is 7.21. The molecule has 2 aromatic rings. The molecule has 0 N–H and O–H groups in total. The van der Waals surface area contributed by atoms with Gasteiger partial charge in [0.25, 0.3) is 0 Å². The molecular formula is C17H24Cl4Zr-2. The molecule has 2 aromatic carbocycles. The summed E-state index contributed by atoms with van der Waals surface area (Å²) in [5.74, 6) is 0. The van der Waals surface area contributed by atoms with Crippen molar-refractivity contribution < 1.29 is 75.8 Å². The smallest absolute Gasteiger partial charge is 1.00 e. The second kappa shape index (κ2) is 18.1. The number of aryl methyl sites for hydroxylation is 3. The molecule has 126 valence electrons. The van der Waals surface area contributed by atoms with Crippen LogP contribution in [0.4, 0.5) is 0 Å². The summed E-state index contributed by atoms with van der Waals surface area (Å²) in [7, 11) is 0. The Bertz CT molecular complexity index is 425. The average Bonchev–Trinajstić information content (AvgIpc) is 2.87. The molecule has 2 rings (SSSR count). The Hall–Kier alpha value is 0.743. The van der Waals surface area contributed by atoms with E-state index in [1.807, 2.05) is 0 Å². The Morgan fingerprint density at radius 1 is 0.909 bits per heavy atom. The maximum absolute atomic E-state index is 2.24. The van der Waals surface area contributed by atoms with Gasteiger partial charge in [0, 0.05) is 0 Å². The Morgan fingerprint density at radius 3 is 1.59 bits per heavy atom. The van der Waals surface area contributed by atoms with E-state index in [-0.39, 0.29) is 75.8 Å². The van der Waals surface area contributed by atoms with Gasteiger partial charge in [-0.25, -0.2) is 12.1 Å². The van der Waals surface area contributed by atoms with Gasteiger partial charge in [-0.05, 0) is 0 Å². The third kappa shape index (κ3) is 11.3. The van der Waals surface area contributed by atoms with Gasteiger partial charge < -0.3 is 49.6 Å². The van der Waals surface area contributed by atoms with Crippen molar-refractivity contribution in [2.24, 2.45) is 0 Å². The van der Waals surface area contributed by atoms with Crippen LogP contribution in [0.2, 0.25) is 0 Å². The van der Waals surface area contributed by atoms with Crippen molar-refractivity contribution >= 4 is 0 Å². The molecule has 0 saturated heterocycles. The van der Waals surface area contributed by atoms with Gasteiger partial charge in [-0.1, -0.05) is 47.5 Å². The molecule has 0 heterocycles. The first-order chi connectivity index (χ1) is 8.06. The van der Waals surface area contributed by atoms with Crippen molar-refractivity contribution in [3.8, 4) is 0 Å². The van der Waals surface area contributed by atoms with E-state index in [1.54, 1.807) is 0 Å². The van der Waals surface area contributed by atoms with Crippen LogP contribution in [0.1, 0.15) is 41.2 Å². The summed E-state index contributed by atoms with van der Waals surface area (Å²) in [6.45, 7) is 10.9. The minimum absolute atomic E-state index is 0. The van der Waals surface area contributed by atoms with Crippen molar-refractivity contribution in [3.05, 3.63) is 58.1 Å². The number of hydrogen-bond donors (Lipinski definition) is 0. The van der Waals surface area contributed by atoms with Gasteiger partial charge in [-0.2, -0.15) is 46.0 Å². The van der Waals surface area contributed by atoms with Crippen LogP contribution in [0.5, 0.6) is 0 Å². The molecule has 0 aliphatic rings. The molecular weight excluding hydrogens is 437 g/mol. The van der Waals surface area contributed by atoms with Crippen molar-refractivity contribution in [1.29, 1.82) is 0 Å². The molecule has 5 heteroatoms. The van der Waals surface area contributed by atoms with Crippen LogP contribution in [0.15, 0.2) is 30.3 Å². The summed E-state index contributed by atoms with van der Waals surface area (Å²) < 4.78 is 0. The Kier molecular flexibility index (Phi) is 28.1. The van der Waals surface area contributed by atoms with Crippen LogP contribution < -0.4 is 49.6 Å². The Morgan fingerprint density at radius 2 is 1.36 bits per heavy atom. The molecule has 0 unspecified atom stereocenters. The van der Waals surface area contributed by atoms with Crippen molar-refractivity contribution in [3.63, 3.8) is 0 Å². The van der Waals surface area contributed by atoms with E-state index in [9.17, 15) is 0 Å². The van der Waals surface area contributed by atoms with E-state index in [1.165, 1.54) is 40.7 Å². The zero-order valence-electron chi connectivity index (χ0n) is 13.8. The molecule has 0 aromatic heterocycles. The molecule has 0 fully saturated rings. The summed E-state index contributed by atoms with van der Waals surface area (Å²) in [5, 5.41) is 0. The van der Waals surface area contributed by atoms with Crippen LogP contribution >= 0.6 is 0 Å². The summed E-state index contributed by atoms with van der Waals surface area (Å²) >= 11 is 0.